The number of carbonyl (C=O) groups excluding carboxylic acids is 2. The molecule has 0 radical (unpaired) electrons. The van der Waals surface area contributed by atoms with E-state index in [1.54, 1.807) is 37.3 Å². The van der Waals surface area contributed by atoms with E-state index < -0.39 is 28.5 Å². The van der Waals surface area contributed by atoms with Gasteiger partial charge in [-0.3, -0.25) is 13.9 Å². The first-order valence-electron chi connectivity index (χ1n) is 12.4. The molecule has 0 aliphatic rings. The topological polar surface area (TPSA) is 86.8 Å². The second kappa shape index (κ2) is 12.6. The number of anilines is 1. The molecular formula is C29H34BrN3O4S. The standard InChI is InChI=1S/C29H34BrN3O4S/c1-20(2)31-29(35)23(5)32(18-24-12-10-13-25(30)17-24)28(34)19-33(27-16-9-11-21(3)22(27)4)38(36,37)26-14-7-6-8-15-26/h6-17,20,23H,18-19H2,1-5H3,(H,31,35). The quantitative estimate of drug-likeness (QED) is 0.347. The number of hydrogen-bond donors (Lipinski definition) is 1. The van der Waals surface area contributed by atoms with Gasteiger partial charge in [-0.05, 0) is 81.6 Å². The van der Waals surface area contributed by atoms with Gasteiger partial charge in [0.25, 0.3) is 10.0 Å². The number of hydrogen-bond acceptors (Lipinski definition) is 4. The minimum Gasteiger partial charge on any atom is -0.352 e. The van der Waals surface area contributed by atoms with Crippen LogP contribution in [0.2, 0.25) is 0 Å². The van der Waals surface area contributed by atoms with Crippen LogP contribution < -0.4 is 9.62 Å². The molecule has 1 N–H and O–H groups in total. The maximum absolute atomic E-state index is 14.0. The van der Waals surface area contributed by atoms with E-state index in [0.717, 1.165) is 25.5 Å². The maximum Gasteiger partial charge on any atom is 0.264 e. The van der Waals surface area contributed by atoms with Crippen molar-refractivity contribution in [2.24, 2.45) is 0 Å². The Morgan fingerprint density at radius 2 is 1.58 bits per heavy atom. The summed E-state index contributed by atoms with van der Waals surface area (Å²) in [5.41, 5.74) is 2.88. The van der Waals surface area contributed by atoms with Gasteiger partial charge in [-0.1, -0.05) is 58.4 Å². The number of nitrogens with one attached hydrogen (secondary N) is 1. The average molecular weight is 601 g/mol. The molecule has 0 saturated heterocycles. The van der Waals surface area contributed by atoms with Crippen LogP contribution in [0, 0.1) is 13.8 Å². The van der Waals surface area contributed by atoms with E-state index in [4.69, 9.17) is 0 Å². The summed E-state index contributed by atoms with van der Waals surface area (Å²) < 4.78 is 29.7. The first kappa shape index (κ1) is 29.4. The SMILES string of the molecule is Cc1cccc(N(CC(=O)N(Cc2cccc(Br)c2)C(C)C(=O)NC(C)C)S(=O)(=O)c2ccccc2)c1C. The molecule has 38 heavy (non-hydrogen) atoms. The van der Waals surface area contributed by atoms with Gasteiger partial charge in [0.1, 0.15) is 12.6 Å². The third-order valence-corrected chi connectivity index (χ3v) is 8.56. The lowest BCUT2D eigenvalue weighted by Crippen LogP contribution is -2.52. The number of rotatable bonds is 10. The van der Waals surface area contributed by atoms with Gasteiger partial charge in [-0.2, -0.15) is 0 Å². The van der Waals surface area contributed by atoms with E-state index >= 15 is 0 Å². The van der Waals surface area contributed by atoms with Crippen LogP contribution >= 0.6 is 15.9 Å². The Morgan fingerprint density at radius 1 is 0.921 bits per heavy atom. The summed E-state index contributed by atoms with van der Waals surface area (Å²) in [6, 6.07) is 19.9. The van der Waals surface area contributed by atoms with E-state index in [9.17, 15) is 18.0 Å². The molecule has 0 aliphatic carbocycles. The molecule has 3 rings (SSSR count). The molecular weight excluding hydrogens is 566 g/mol. The van der Waals surface area contributed by atoms with Crippen LogP contribution in [-0.4, -0.2) is 43.8 Å². The summed E-state index contributed by atoms with van der Waals surface area (Å²) in [6.07, 6.45) is 0. The number of carbonyl (C=O) groups is 2. The molecule has 7 nitrogen and oxygen atoms in total. The monoisotopic (exact) mass is 599 g/mol. The molecule has 0 heterocycles. The highest BCUT2D eigenvalue weighted by atomic mass is 79.9. The fraction of sp³-hybridized carbons (Fsp3) is 0.310. The Hall–Kier alpha value is -3.17. The molecule has 2 amide bonds. The summed E-state index contributed by atoms with van der Waals surface area (Å²) in [7, 11) is -4.09. The molecule has 0 spiro atoms. The van der Waals surface area contributed by atoms with Gasteiger partial charge in [0.2, 0.25) is 11.8 Å². The molecule has 0 aromatic heterocycles. The zero-order valence-electron chi connectivity index (χ0n) is 22.3. The van der Waals surface area contributed by atoms with Gasteiger partial charge < -0.3 is 10.2 Å². The summed E-state index contributed by atoms with van der Waals surface area (Å²) in [4.78, 5) is 28.4. The van der Waals surface area contributed by atoms with Crippen molar-refractivity contribution in [3.05, 3.63) is 94.0 Å². The molecule has 9 heteroatoms. The van der Waals surface area contributed by atoms with E-state index in [1.807, 2.05) is 58.0 Å². The van der Waals surface area contributed by atoms with Crippen LogP contribution in [0.3, 0.4) is 0 Å². The number of benzene rings is 3. The van der Waals surface area contributed by atoms with Crippen molar-refractivity contribution in [3.8, 4) is 0 Å². The smallest absolute Gasteiger partial charge is 0.264 e. The van der Waals surface area contributed by atoms with Gasteiger partial charge in [0, 0.05) is 17.1 Å². The number of nitrogens with zero attached hydrogens (tertiary/aromatic N) is 2. The lowest BCUT2D eigenvalue weighted by molar-refractivity contribution is -0.139. The largest absolute Gasteiger partial charge is 0.352 e. The lowest BCUT2D eigenvalue weighted by Gasteiger charge is -2.33. The summed E-state index contributed by atoms with van der Waals surface area (Å²) >= 11 is 3.46. The van der Waals surface area contributed by atoms with Crippen molar-refractivity contribution in [2.45, 2.75) is 58.1 Å². The fourth-order valence-corrected chi connectivity index (χ4v) is 6.00. The van der Waals surface area contributed by atoms with E-state index in [0.29, 0.717) is 5.69 Å². The Kier molecular flexibility index (Phi) is 9.73. The molecule has 0 saturated carbocycles. The highest BCUT2D eigenvalue weighted by Gasteiger charge is 2.33. The molecule has 1 atom stereocenters. The van der Waals surface area contributed by atoms with Gasteiger partial charge in [0.15, 0.2) is 0 Å². The molecule has 3 aromatic carbocycles. The first-order chi connectivity index (χ1) is 17.9. The Bertz CT molecular complexity index is 1390. The molecule has 202 valence electrons. The van der Waals surface area contributed by atoms with Gasteiger partial charge in [-0.25, -0.2) is 8.42 Å². The van der Waals surface area contributed by atoms with Crippen molar-refractivity contribution in [1.82, 2.24) is 10.2 Å². The predicted molar refractivity (Wildman–Crippen MR) is 154 cm³/mol. The second-order valence-corrected chi connectivity index (χ2v) is 12.3. The van der Waals surface area contributed by atoms with Gasteiger partial charge in [0.05, 0.1) is 10.6 Å². The predicted octanol–water partition coefficient (Wildman–Crippen LogP) is 5.20. The number of aryl methyl sites for hydroxylation is 1. The van der Waals surface area contributed by atoms with Crippen molar-refractivity contribution < 1.29 is 18.0 Å². The summed E-state index contributed by atoms with van der Waals surface area (Å²) in [5, 5.41) is 2.86. The third-order valence-electron chi connectivity index (χ3n) is 6.29. The minimum absolute atomic E-state index is 0.0813. The second-order valence-electron chi connectivity index (χ2n) is 9.53. The highest BCUT2D eigenvalue weighted by Crippen LogP contribution is 2.29. The molecule has 0 fully saturated rings. The number of sulfonamides is 1. The van der Waals surface area contributed by atoms with Gasteiger partial charge in [-0.15, -0.1) is 0 Å². The van der Waals surface area contributed by atoms with Gasteiger partial charge >= 0.3 is 0 Å². The molecule has 0 aliphatic heterocycles. The molecule has 0 bridgehead atoms. The number of halogens is 1. The number of amides is 2. The van der Waals surface area contributed by atoms with Crippen molar-refractivity contribution >= 4 is 43.5 Å². The van der Waals surface area contributed by atoms with Crippen LogP contribution in [0.15, 0.2) is 82.2 Å². The van der Waals surface area contributed by atoms with Crippen LogP contribution in [-0.2, 0) is 26.2 Å². The average Bonchev–Trinajstić information content (AvgIpc) is 2.87. The zero-order chi connectivity index (χ0) is 28.0. The highest BCUT2D eigenvalue weighted by molar-refractivity contribution is 9.10. The van der Waals surface area contributed by atoms with Crippen LogP contribution in [0.4, 0.5) is 5.69 Å². The van der Waals surface area contributed by atoms with Crippen molar-refractivity contribution in [3.63, 3.8) is 0 Å². The third kappa shape index (κ3) is 7.02. The summed E-state index contributed by atoms with van der Waals surface area (Å²) in [5.74, 6) is -0.802. The Labute approximate surface area is 234 Å². The Morgan fingerprint density at radius 3 is 2.21 bits per heavy atom. The van der Waals surface area contributed by atoms with E-state index in [2.05, 4.69) is 21.2 Å². The zero-order valence-corrected chi connectivity index (χ0v) is 24.7. The van der Waals surface area contributed by atoms with Crippen LogP contribution in [0.25, 0.3) is 0 Å². The van der Waals surface area contributed by atoms with Crippen LogP contribution in [0.5, 0.6) is 0 Å². The Balaban J connectivity index is 2.07. The molecule has 3 aromatic rings. The lowest BCUT2D eigenvalue weighted by atomic mass is 10.1. The first-order valence-corrected chi connectivity index (χ1v) is 14.6. The summed E-state index contributed by atoms with van der Waals surface area (Å²) in [6.45, 7) is 8.75. The van der Waals surface area contributed by atoms with E-state index in [1.165, 1.54) is 17.0 Å². The van der Waals surface area contributed by atoms with Crippen LogP contribution in [0.1, 0.15) is 37.5 Å². The normalized spacial score (nSPS) is 12.2. The van der Waals surface area contributed by atoms with Crippen molar-refractivity contribution in [1.29, 1.82) is 0 Å². The minimum atomic E-state index is -4.09. The maximum atomic E-state index is 14.0. The van der Waals surface area contributed by atoms with E-state index in [-0.39, 0.29) is 23.4 Å². The molecule has 1 unspecified atom stereocenters. The fourth-order valence-electron chi connectivity index (χ4n) is 4.06. The van der Waals surface area contributed by atoms with Crippen molar-refractivity contribution in [2.75, 3.05) is 10.8 Å².